The number of benzene rings is 1. The van der Waals surface area contributed by atoms with Gasteiger partial charge < -0.3 is 4.74 Å². The number of sulfonamides is 1. The van der Waals surface area contributed by atoms with Gasteiger partial charge in [0.1, 0.15) is 5.82 Å². The van der Waals surface area contributed by atoms with Crippen molar-refractivity contribution in [3.05, 3.63) is 29.6 Å². The number of hydrogen-bond donors (Lipinski definition) is 0. The van der Waals surface area contributed by atoms with Gasteiger partial charge in [-0.2, -0.15) is 4.31 Å². The Morgan fingerprint density at radius 2 is 1.95 bits per heavy atom. The average Bonchev–Trinajstić information content (AvgIpc) is 2.39. The molecular formula is C11H11ClFNO4S. The Labute approximate surface area is 115 Å². The summed E-state index contributed by atoms with van der Waals surface area (Å²) >= 11 is 5.21. The molecule has 0 saturated carbocycles. The van der Waals surface area contributed by atoms with Crippen LogP contribution in [-0.4, -0.2) is 44.3 Å². The van der Waals surface area contributed by atoms with Gasteiger partial charge in [-0.05, 0) is 29.8 Å². The SMILES string of the molecule is O=C(Cl)c1cc(S(=O)(=O)N2CCOCC2)ccc1F. The van der Waals surface area contributed by atoms with Crippen LogP contribution < -0.4 is 0 Å². The molecule has 1 aromatic carbocycles. The Hall–Kier alpha value is -1.02. The third-order valence-electron chi connectivity index (χ3n) is 2.76. The maximum atomic E-state index is 13.3. The highest BCUT2D eigenvalue weighted by molar-refractivity contribution is 7.89. The third kappa shape index (κ3) is 2.94. The molecule has 1 saturated heterocycles. The first-order valence-electron chi connectivity index (χ1n) is 5.50. The minimum absolute atomic E-state index is 0.153. The zero-order chi connectivity index (χ0) is 14.0. The molecule has 1 fully saturated rings. The lowest BCUT2D eigenvalue weighted by Crippen LogP contribution is -2.40. The van der Waals surface area contributed by atoms with Gasteiger partial charge in [-0.1, -0.05) is 0 Å². The van der Waals surface area contributed by atoms with Crippen LogP contribution in [0.3, 0.4) is 0 Å². The summed E-state index contributed by atoms with van der Waals surface area (Å²) in [5.41, 5.74) is -0.448. The van der Waals surface area contributed by atoms with E-state index in [-0.39, 0.29) is 18.0 Å². The normalized spacial score (nSPS) is 17.4. The molecule has 2 rings (SSSR count). The summed E-state index contributed by atoms with van der Waals surface area (Å²) in [4.78, 5) is 10.9. The van der Waals surface area contributed by atoms with E-state index in [1.165, 1.54) is 4.31 Å². The standard InChI is InChI=1S/C11H11ClFNO4S/c12-11(15)9-7-8(1-2-10(9)13)19(16,17)14-3-5-18-6-4-14/h1-2,7H,3-6H2. The van der Waals surface area contributed by atoms with E-state index in [9.17, 15) is 17.6 Å². The van der Waals surface area contributed by atoms with E-state index in [1.54, 1.807) is 0 Å². The van der Waals surface area contributed by atoms with E-state index in [0.29, 0.717) is 13.2 Å². The van der Waals surface area contributed by atoms with Gasteiger partial charge in [0, 0.05) is 13.1 Å². The van der Waals surface area contributed by atoms with Crippen molar-refractivity contribution in [1.29, 1.82) is 0 Å². The fourth-order valence-corrected chi connectivity index (χ4v) is 3.33. The molecule has 0 amide bonds. The molecular weight excluding hydrogens is 297 g/mol. The quantitative estimate of drug-likeness (QED) is 0.788. The van der Waals surface area contributed by atoms with Crippen LogP contribution in [-0.2, 0) is 14.8 Å². The minimum Gasteiger partial charge on any atom is -0.379 e. The number of carbonyl (C=O) groups is 1. The average molecular weight is 308 g/mol. The molecule has 5 nitrogen and oxygen atoms in total. The van der Waals surface area contributed by atoms with Crippen molar-refractivity contribution in [2.24, 2.45) is 0 Å². The maximum Gasteiger partial charge on any atom is 0.255 e. The summed E-state index contributed by atoms with van der Waals surface area (Å²) in [7, 11) is -3.76. The fourth-order valence-electron chi connectivity index (χ4n) is 1.75. The van der Waals surface area contributed by atoms with Crippen molar-refractivity contribution in [3.63, 3.8) is 0 Å². The minimum atomic E-state index is -3.76. The molecule has 1 aliphatic heterocycles. The van der Waals surface area contributed by atoms with Crippen molar-refractivity contribution >= 4 is 26.9 Å². The van der Waals surface area contributed by atoms with Crippen LogP contribution in [0, 0.1) is 5.82 Å². The van der Waals surface area contributed by atoms with Crippen molar-refractivity contribution in [1.82, 2.24) is 4.31 Å². The molecule has 0 radical (unpaired) electrons. The van der Waals surface area contributed by atoms with Gasteiger partial charge in [0.05, 0.1) is 23.7 Å². The molecule has 0 N–H and O–H groups in total. The largest absolute Gasteiger partial charge is 0.379 e. The van der Waals surface area contributed by atoms with E-state index >= 15 is 0 Å². The van der Waals surface area contributed by atoms with Crippen LogP contribution >= 0.6 is 11.6 Å². The molecule has 0 aliphatic carbocycles. The Bertz CT molecular complexity index is 599. The third-order valence-corrected chi connectivity index (χ3v) is 4.86. The molecule has 1 aromatic rings. The highest BCUT2D eigenvalue weighted by Crippen LogP contribution is 2.21. The van der Waals surface area contributed by atoms with E-state index in [0.717, 1.165) is 18.2 Å². The van der Waals surface area contributed by atoms with Gasteiger partial charge in [0.25, 0.3) is 5.24 Å². The number of halogens is 2. The van der Waals surface area contributed by atoms with Crippen molar-refractivity contribution in [2.45, 2.75) is 4.90 Å². The predicted octanol–water partition coefficient (Wildman–Crippen LogP) is 1.23. The zero-order valence-corrected chi connectivity index (χ0v) is 11.4. The molecule has 19 heavy (non-hydrogen) atoms. The van der Waals surface area contributed by atoms with Crippen molar-refractivity contribution in [3.8, 4) is 0 Å². The smallest absolute Gasteiger partial charge is 0.255 e. The molecule has 0 atom stereocenters. The van der Waals surface area contributed by atoms with Crippen LogP contribution in [0.1, 0.15) is 10.4 Å². The Morgan fingerprint density at radius 1 is 1.32 bits per heavy atom. The summed E-state index contributed by atoms with van der Waals surface area (Å²) in [5.74, 6) is -0.846. The number of morpholine rings is 1. The summed E-state index contributed by atoms with van der Waals surface area (Å²) in [6, 6.07) is 2.99. The molecule has 0 bridgehead atoms. The number of carbonyl (C=O) groups excluding carboxylic acids is 1. The maximum absolute atomic E-state index is 13.3. The first-order chi connectivity index (χ1) is 8.93. The Kier molecular flexibility index (Phi) is 4.19. The molecule has 0 aromatic heterocycles. The van der Waals surface area contributed by atoms with Crippen molar-refractivity contribution < 1.29 is 22.3 Å². The highest BCUT2D eigenvalue weighted by Gasteiger charge is 2.27. The van der Waals surface area contributed by atoms with Gasteiger partial charge in [-0.25, -0.2) is 12.8 Å². The zero-order valence-electron chi connectivity index (χ0n) is 9.80. The first-order valence-corrected chi connectivity index (χ1v) is 7.32. The van der Waals surface area contributed by atoms with Crippen LogP contribution in [0.15, 0.2) is 23.1 Å². The summed E-state index contributed by atoms with van der Waals surface area (Å²) in [6.45, 7) is 1.07. The first kappa shape index (κ1) is 14.4. The molecule has 1 heterocycles. The number of rotatable bonds is 3. The van der Waals surface area contributed by atoms with E-state index in [1.807, 2.05) is 0 Å². The number of nitrogens with zero attached hydrogens (tertiary/aromatic N) is 1. The lowest BCUT2D eigenvalue weighted by molar-refractivity contribution is 0.0730. The molecule has 8 heteroatoms. The van der Waals surface area contributed by atoms with E-state index < -0.39 is 26.6 Å². The van der Waals surface area contributed by atoms with Crippen molar-refractivity contribution in [2.75, 3.05) is 26.3 Å². The Morgan fingerprint density at radius 3 is 2.53 bits per heavy atom. The molecule has 104 valence electrons. The number of hydrogen-bond acceptors (Lipinski definition) is 4. The van der Waals surface area contributed by atoms with Gasteiger partial charge in [-0.15, -0.1) is 0 Å². The second-order valence-electron chi connectivity index (χ2n) is 3.93. The highest BCUT2D eigenvalue weighted by atomic mass is 35.5. The predicted molar refractivity (Wildman–Crippen MR) is 66.2 cm³/mol. The summed E-state index contributed by atoms with van der Waals surface area (Å²) < 4.78 is 44.1. The lowest BCUT2D eigenvalue weighted by Gasteiger charge is -2.26. The van der Waals surface area contributed by atoms with Gasteiger partial charge in [-0.3, -0.25) is 4.79 Å². The molecule has 0 spiro atoms. The van der Waals surface area contributed by atoms with Crippen LogP contribution in [0.5, 0.6) is 0 Å². The van der Waals surface area contributed by atoms with E-state index in [4.69, 9.17) is 16.3 Å². The van der Waals surface area contributed by atoms with Gasteiger partial charge >= 0.3 is 0 Å². The molecule has 0 unspecified atom stereocenters. The van der Waals surface area contributed by atoms with Crippen LogP contribution in [0.25, 0.3) is 0 Å². The molecule has 1 aliphatic rings. The Balaban J connectivity index is 2.40. The topological polar surface area (TPSA) is 63.7 Å². The van der Waals surface area contributed by atoms with E-state index in [2.05, 4.69) is 0 Å². The fraction of sp³-hybridized carbons (Fsp3) is 0.364. The second-order valence-corrected chi connectivity index (χ2v) is 6.21. The second kappa shape index (κ2) is 5.54. The van der Waals surface area contributed by atoms with Crippen LogP contribution in [0.2, 0.25) is 0 Å². The monoisotopic (exact) mass is 307 g/mol. The number of ether oxygens (including phenoxy) is 1. The summed E-state index contributed by atoms with van der Waals surface area (Å²) in [5, 5.41) is -1.03. The van der Waals surface area contributed by atoms with Gasteiger partial charge in [0.2, 0.25) is 10.0 Å². The lowest BCUT2D eigenvalue weighted by atomic mass is 10.2. The summed E-state index contributed by atoms with van der Waals surface area (Å²) in [6.07, 6.45) is 0. The van der Waals surface area contributed by atoms with Gasteiger partial charge in [0.15, 0.2) is 0 Å². The van der Waals surface area contributed by atoms with Crippen LogP contribution in [0.4, 0.5) is 4.39 Å².